The Morgan fingerprint density at radius 1 is 1.19 bits per heavy atom. The van der Waals surface area contributed by atoms with Crippen molar-refractivity contribution < 1.29 is 9.18 Å². The van der Waals surface area contributed by atoms with E-state index < -0.39 is 0 Å². The Bertz CT molecular complexity index is 759. The second-order valence-corrected chi connectivity index (χ2v) is 6.83. The predicted molar refractivity (Wildman–Crippen MR) is 99.4 cm³/mol. The minimum Gasteiger partial charge on any atom is -0.353 e. The zero-order chi connectivity index (χ0) is 18.5. The van der Waals surface area contributed by atoms with Crippen molar-refractivity contribution >= 4 is 11.8 Å². The fourth-order valence-corrected chi connectivity index (χ4v) is 2.87. The molecule has 0 saturated carbocycles. The highest BCUT2D eigenvalue weighted by Gasteiger charge is 2.22. The molecule has 138 valence electrons. The highest BCUT2D eigenvalue weighted by atomic mass is 19.1. The summed E-state index contributed by atoms with van der Waals surface area (Å²) >= 11 is 0. The van der Waals surface area contributed by atoms with E-state index in [-0.39, 0.29) is 11.8 Å². The summed E-state index contributed by atoms with van der Waals surface area (Å²) in [7, 11) is 0. The number of urea groups is 1. The number of anilines is 1. The molecule has 2 amide bonds. The number of nitrogens with zero attached hydrogens (tertiary/aromatic N) is 4. The number of nitrogens with one attached hydrogen (secondary N) is 1. The average Bonchev–Trinajstić information content (AvgIpc) is 2.66. The third-order valence-electron chi connectivity index (χ3n) is 4.33. The molecule has 6 nitrogen and oxygen atoms in total. The maximum Gasteiger partial charge on any atom is 0.317 e. The topological polar surface area (TPSA) is 61.4 Å². The minimum atomic E-state index is -0.288. The van der Waals surface area contributed by atoms with Crippen LogP contribution in [-0.2, 0) is 0 Å². The van der Waals surface area contributed by atoms with E-state index in [2.05, 4.69) is 34.0 Å². The molecule has 0 unspecified atom stereocenters. The van der Waals surface area contributed by atoms with Gasteiger partial charge in [-0.25, -0.2) is 19.2 Å². The normalized spacial score (nSPS) is 14.6. The Morgan fingerprint density at radius 3 is 2.65 bits per heavy atom. The molecule has 1 aliphatic heterocycles. The van der Waals surface area contributed by atoms with Gasteiger partial charge >= 0.3 is 6.03 Å². The highest BCUT2D eigenvalue weighted by Crippen LogP contribution is 2.22. The molecule has 0 radical (unpaired) electrons. The quantitative estimate of drug-likeness (QED) is 0.914. The van der Waals surface area contributed by atoms with Crippen LogP contribution < -0.4 is 10.2 Å². The van der Waals surface area contributed by atoms with Crippen LogP contribution in [0.2, 0.25) is 0 Å². The molecule has 26 heavy (non-hydrogen) atoms. The van der Waals surface area contributed by atoms with Gasteiger partial charge in [0.1, 0.15) is 18.0 Å². The van der Waals surface area contributed by atoms with Crippen molar-refractivity contribution in [1.82, 2.24) is 20.2 Å². The number of benzene rings is 1. The van der Waals surface area contributed by atoms with Gasteiger partial charge < -0.3 is 15.1 Å². The fourth-order valence-electron chi connectivity index (χ4n) is 2.87. The molecular formula is C19H24FN5O. The van der Waals surface area contributed by atoms with Crippen molar-refractivity contribution in [2.45, 2.75) is 13.8 Å². The summed E-state index contributed by atoms with van der Waals surface area (Å²) in [5.74, 6) is 0.938. The van der Waals surface area contributed by atoms with Crippen LogP contribution in [0.25, 0.3) is 11.3 Å². The number of carbonyl (C=O) groups excluding carboxylic acids is 1. The first-order valence-electron chi connectivity index (χ1n) is 8.88. The van der Waals surface area contributed by atoms with E-state index in [4.69, 9.17) is 0 Å². The van der Waals surface area contributed by atoms with Gasteiger partial charge in [0, 0.05) is 44.4 Å². The number of carbonyl (C=O) groups is 1. The summed E-state index contributed by atoms with van der Waals surface area (Å²) in [6.45, 7) is 7.52. The molecule has 3 rings (SSSR count). The lowest BCUT2D eigenvalue weighted by Gasteiger charge is -2.35. The Balaban J connectivity index is 1.63. The van der Waals surface area contributed by atoms with Crippen molar-refractivity contribution in [1.29, 1.82) is 0 Å². The first kappa shape index (κ1) is 18.1. The third-order valence-corrected chi connectivity index (χ3v) is 4.33. The Labute approximate surface area is 153 Å². The maximum atomic E-state index is 13.4. The zero-order valence-corrected chi connectivity index (χ0v) is 15.2. The number of halogens is 1. The number of hydrogen-bond donors (Lipinski definition) is 1. The largest absolute Gasteiger partial charge is 0.353 e. The smallest absolute Gasteiger partial charge is 0.317 e. The van der Waals surface area contributed by atoms with Crippen molar-refractivity contribution in [2.24, 2.45) is 5.92 Å². The molecule has 2 aromatic rings. The van der Waals surface area contributed by atoms with Crippen LogP contribution in [0.15, 0.2) is 36.7 Å². The standard InChI is InChI=1S/C19H24FN5O/c1-14(2)12-21-19(26)25-8-6-24(7-9-25)18-11-17(22-13-23-18)15-4-3-5-16(20)10-15/h3-5,10-11,13-14H,6-9,12H2,1-2H3,(H,21,26). The van der Waals surface area contributed by atoms with Crippen LogP contribution in [0.3, 0.4) is 0 Å². The molecule has 0 aliphatic carbocycles. The van der Waals surface area contributed by atoms with Gasteiger partial charge in [0.05, 0.1) is 5.69 Å². The summed E-state index contributed by atoms with van der Waals surface area (Å²) in [6, 6.07) is 8.22. The lowest BCUT2D eigenvalue weighted by Crippen LogP contribution is -2.52. The Hall–Kier alpha value is -2.70. The molecule has 1 aliphatic rings. The van der Waals surface area contributed by atoms with Crippen LogP contribution in [-0.4, -0.2) is 53.6 Å². The van der Waals surface area contributed by atoms with E-state index in [1.165, 1.54) is 18.5 Å². The molecule has 0 atom stereocenters. The highest BCUT2D eigenvalue weighted by molar-refractivity contribution is 5.74. The average molecular weight is 357 g/mol. The molecular weight excluding hydrogens is 333 g/mol. The SMILES string of the molecule is CC(C)CNC(=O)N1CCN(c2cc(-c3cccc(F)c3)ncn2)CC1. The van der Waals surface area contributed by atoms with Crippen LogP contribution in [0.4, 0.5) is 15.0 Å². The van der Waals surface area contributed by atoms with Gasteiger partial charge in [-0.15, -0.1) is 0 Å². The van der Waals surface area contributed by atoms with Crippen LogP contribution in [0.5, 0.6) is 0 Å². The second-order valence-electron chi connectivity index (χ2n) is 6.83. The predicted octanol–water partition coefficient (Wildman–Crippen LogP) is 2.77. The van der Waals surface area contributed by atoms with E-state index in [1.54, 1.807) is 6.07 Å². The van der Waals surface area contributed by atoms with Crippen LogP contribution in [0.1, 0.15) is 13.8 Å². The first-order valence-corrected chi connectivity index (χ1v) is 8.88. The van der Waals surface area contributed by atoms with Crippen molar-refractivity contribution in [3.8, 4) is 11.3 Å². The van der Waals surface area contributed by atoms with Gasteiger partial charge in [0.25, 0.3) is 0 Å². The van der Waals surface area contributed by atoms with Gasteiger partial charge in [0.15, 0.2) is 0 Å². The molecule has 1 aromatic carbocycles. The summed E-state index contributed by atoms with van der Waals surface area (Å²) < 4.78 is 13.4. The first-order chi connectivity index (χ1) is 12.5. The van der Waals surface area contributed by atoms with Crippen molar-refractivity contribution in [2.75, 3.05) is 37.6 Å². The van der Waals surface area contributed by atoms with Crippen molar-refractivity contribution in [3.63, 3.8) is 0 Å². The Morgan fingerprint density at radius 2 is 1.96 bits per heavy atom. The summed E-state index contributed by atoms with van der Waals surface area (Å²) in [5.41, 5.74) is 1.41. The van der Waals surface area contributed by atoms with E-state index in [9.17, 15) is 9.18 Å². The lowest BCUT2D eigenvalue weighted by atomic mass is 10.1. The van der Waals surface area contributed by atoms with Gasteiger partial charge in [-0.05, 0) is 18.1 Å². The summed E-state index contributed by atoms with van der Waals surface area (Å²) in [4.78, 5) is 24.7. The van der Waals surface area contributed by atoms with E-state index in [0.717, 1.165) is 11.4 Å². The van der Waals surface area contributed by atoms with Gasteiger partial charge in [-0.1, -0.05) is 26.0 Å². The third kappa shape index (κ3) is 4.47. The summed E-state index contributed by atoms with van der Waals surface area (Å²) in [5, 5.41) is 2.95. The minimum absolute atomic E-state index is 0.0125. The monoisotopic (exact) mass is 357 g/mol. The second kappa shape index (κ2) is 8.12. The number of aromatic nitrogens is 2. The molecule has 0 bridgehead atoms. The Kier molecular flexibility index (Phi) is 5.65. The molecule has 1 fully saturated rings. The van der Waals surface area contributed by atoms with Gasteiger partial charge in [-0.3, -0.25) is 0 Å². The molecule has 1 N–H and O–H groups in total. The van der Waals surface area contributed by atoms with E-state index in [1.807, 2.05) is 17.0 Å². The number of piperazine rings is 1. The number of rotatable bonds is 4. The van der Waals surface area contributed by atoms with Gasteiger partial charge in [0.2, 0.25) is 0 Å². The van der Waals surface area contributed by atoms with Crippen molar-refractivity contribution in [3.05, 3.63) is 42.5 Å². The molecule has 1 saturated heterocycles. The van der Waals surface area contributed by atoms with Gasteiger partial charge in [-0.2, -0.15) is 0 Å². The number of amides is 2. The maximum absolute atomic E-state index is 13.4. The van der Waals surface area contributed by atoms with E-state index in [0.29, 0.717) is 44.3 Å². The zero-order valence-electron chi connectivity index (χ0n) is 15.2. The van der Waals surface area contributed by atoms with Crippen LogP contribution >= 0.6 is 0 Å². The number of hydrogen-bond acceptors (Lipinski definition) is 4. The lowest BCUT2D eigenvalue weighted by molar-refractivity contribution is 0.193. The molecule has 2 heterocycles. The molecule has 0 spiro atoms. The summed E-state index contributed by atoms with van der Waals surface area (Å²) in [6.07, 6.45) is 1.50. The van der Waals surface area contributed by atoms with Crippen LogP contribution in [0, 0.1) is 11.7 Å². The molecule has 1 aromatic heterocycles. The molecule has 7 heteroatoms. The fraction of sp³-hybridized carbons (Fsp3) is 0.421. The van der Waals surface area contributed by atoms with E-state index >= 15 is 0 Å².